The molecule has 0 bridgehead atoms. The number of rotatable bonds is 4. The lowest BCUT2D eigenvalue weighted by atomic mass is 9.95. The van der Waals surface area contributed by atoms with E-state index >= 15 is 0 Å². The Morgan fingerprint density at radius 2 is 1.44 bits per heavy atom. The van der Waals surface area contributed by atoms with Crippen molar-refractivity contribution in [1.29, 1.82) is 0 Å². The normalized spacial score (nSPS) is 22.6. The Kier molecular flexibility index (Phi) is 4.85. The zero-order valence-corrected chi connectivity index (χ0v) is 19.3. The van der Waals surface area contributed by atoms with E-state index in [0.29, 0.717) is 12.1 Å². The lowest BCUT2D eigenvalue weighted by molar-refractivity contribution is 0.613. The molecule has 3 aromatic carbocycles. The molecule has 3 N–H and O–H groups in total. The Bertz CT molecular complexity index is 1450. The second-order valence-electron chi connectivity index (χ2n) is 9.91. The quantitative estimate of drug-likeness (QED) is 0.349. The molecule has 3 aliphatic heterocycles. The number of fused-ring (bicyclic) bond motifs is 2. The zero-order chi connectivity index (χ0) is 22.5. The summed E-state index contributed by atoms with van der Waals surface area (Å²) in [4.78, 5) is 12.9. The van der Waals surface area contributed by atoms with Gasteiger partial charge in [-0.15, -0.1) is 0 Å². The minimum atomic E-state index is 0.359. The molecule has 4 aromatic rings. The molecule has 7 rings (SSSR count). The molecule has 0 radical (unpaired) electrons. The van der Waals surface area contributed by atoms with Gasteiger partial charge in [0.1, 0.15) is 5.82 Å². The lowest BCUT2D eigenvalue weighted by Crippen LogP contribution is -2.29. The number of aliphatic imine (C=N–C) groups is 1. The summed E-state index contributed by atoms with van der Waals surface area (Å²) in [6.07, 6.45) is 9.84. The first-order valence-electron chi connectivity index (χ1n) is 12.6. The fourth-order valence-corrected chi connectivity index (χ4v) is 5.75. The highest BCUT2D eigenvalue weighted by Gasteiger charge is 2.24. The van der Waals surface area contributed by atoms with Gasteiger partial charge in [-0.3, -0.25) is 4.99 Å². The highest BCUT2D eigenvalue weighted by atomic mass is 15.0. The predicted octanol–water partition coefficient (Wildman–Crippen LogP) is 5.75. The second-order valence-corrected chi connectivity index (χ2v) is 9.91. The number of imidazole rings is 1. The van der Waals surface area contributed by atoms with Gasteiger partial charge in [-0.1, -0.05) is 24.3 Å². The highest BCUT2D eigenvalue weighted by molar-refractivity contribution is 6.04. The van der Waals surface area contributed by atoms with Crippen LogP contribution in [0.3, 0.4) is 0 Å². The number of nitrogens with zero attached hydrogens (tertiary/aromatic N) is 2. The number of hydrogen-bond donors (Lipinski definition) is 3. The van der Waals surface area contributed by atoms with Gasteiger partial charge in [-0.05, 0) is 95.7 Å². The third-order valence-corrected chi connectivity index (χ3v) is 7.68. The number of aromatic amines is 1. The van der Waals surface area contributed by atoms with Crippen LogP contribution >= 0.6 is 0 Å². The van der Waals surface area contributed by atoms with Gasteiger partial charge in [0.25, 0.3) is 0 Å². The largest absolute Gasteiger partial charge is 0.341 e. The molecule has 5 heteroatoms. The average Bonchev–Trinajstić information content (AvgIpc) is 3.68. The van der Waals surface area contributed by atoms with Crippen molar-refractivity contribution < 1.29 is 0 Å². The molecule has 4 heterocycles. The summed E-state index contributed by atoms with van der Waals surface area (Å²) < 4.78 is 0. The SMILES string of the molecule is C1=C(c2ccc3cc4cc(-c5cnc([C@@H]6CCCN6)[nH]5)ccc4cc3c2)CC([C@@H]2CCCN2)=N1. The van der Waals surface area contributed by atoms with Crippen molar-refractivity contribution in [2.75, 3.05) is 13.1 Å². The first kappa shape index (κ1) is 20.1. The summed E-state index contributed by atoms with van der Waals surface area (Å²) in [5.41, 5.74) is 6.17. The van der Waals surface area contributed by atoms with Crippen molar-refractivity contribution >= 4 is 32.8 Å². The van der Waals surface area contributed by atoms with Gasteiger partial charge in [0.05, 0.1) is 17.9 Å². The van der Waals surface area contributed by atoms with Crippen LogP contribution in [-0.4, -0.2) is 34.8 Å². The van der Waals surface area contributed by atoms with E-state index < -0.39 is 0 Å². The zero-order valence-electron chi connectivity index (χ0n) is 19.3. The average molecular weight is 448 g/mol. The van der Waals surface area contributed by atoms with Gasteiger partial charge >= 0.3 is 0 Å². The van der Waals surface area contributed by atoms with E-state index in [4.69, 9.17) is 4.99 Å². The standard InChI is InChI=1S/C29H29N5/c1-3-25(30-9-1)27-15-24(16-32-27)20-6-5-18-12-23-14-21(8-7-19(23)11-22(18)13-20)28-17-33-29(34-28)26-4-2-10-31-26/h5-8,11-14,16-17,25-26,30-31H,1-4,9-10,15H2,(H,33,34)/t25-,26-/m0/s1. The van der Waals surface area contributed by atoms with Crippen LogP contribution in [0.2, 0.25) is 0 Å². The van der Waals surface area contributed by atoms with Gasteiger partial charge in [-0.2, -0.15) is 0 Å². The maximum absolute atomic E-state index is 4.75. The van der Waals surface area contributed by atoms with Crippen molar-refractivity contribution in [3.63, 3.8) is 0 Å². The number of benzene rings is 3. The van der Waals surface area contributed by atoms with Gasteiger partial charge in [-0.25, -0.2) is 4.98 Å². The highest BCUT2D eigenvalue weighted by Crippen LogP contribution is 2.32. The fourth-order valence-electron chi connectivity index (χ4n) is 5.75. The predicted molar refractivity (Wildman–Crippen MR) is 140 cm³/mol. The smallest absolute Gasteiger partial charge is 0.123 e. The molecule has 0 spiro atoms. The maximum atomic E-state index is 4.75. The van der Waals surface area contributed by atoms with Crippen LogP contribution in [0.15, 0.2) is 65.9 Å². The molecule has 0 amide bonds. The van der Waals surface area contributed by atoms with Crippen LogP contribution in [0, 0.1) is 0 Å². The molecule has 2 atom stereocenters. The molecule has 0 aliphatic carbocycles. The molecule has 2 fully saturated rings. The first-order valence-corrected chi connectivity index (χ1v) is 12.6. The van der Waals surface area contributed by atoms with Gasteiger partial charge < -0.3 is 15.6 Å². The van der Waals surface area contributed by atoms with Crippen molar-refractivity contribution in [3.05, 3.63) is 72.3 Å². The van der Waals surface area contributed by atoms with E-state index in [9.17, 15) is 0 Å². The molecule has 0 saturated carbocycles. The molecule has 1 aromatic heterocycles. The molecule has 5 nitrogen and oxygen atoms in total. The molecular weight excluding hydrogens is 418 g/mol. The van der Waals surface area contributed by atoms with Gasteiger partial charge in [0.2, 0.25) is 0 Å². The maximum Gasteiger partial charge on any atom is 0.123 e. The summed E-state index contributed by atoms with van der Waals surface area (Å²) in [6, 6.07) is 19.0. The van der Waals surface area contributed by atoms with Crippen LogP contribution in [0.4, 0.5) is 0 Å². The van der Waals surface area contributed by atoms with Crippen LogP contribution in [0.25, 0.3) is 38.4 Å². The molecule has 0 unspecified atom stereocenters. The van der Waals surface area contributed by atoms with Gasteiger partial charge in [0, 0.05) is 29.9 Å². The summed E-state index contributed by atoms with van der Waals surface area (Å²) in [5, 5.41) is 12.2. The second kappa shape index (κ2) is 8.19. The number of H-pyrrole nitrogens is 1. The number of hydrogen-bond acceptors (Lipinski definition) is 4. The molecule has 34 heavy (non-hydrogen) atoms. The topological polar surface area (TPSA) is 65.1 Å². The van der Waals surface area contributed by atoms with Crippen molar-refractivity contribution in [3.8, 4) is 11.3 Å². The van der Waals surface area contributed by atoms with E-state index in [-0.39, 0.29) is 0 Å². The van der Waals surface area contributed by atoms with Crippen LogP contribution in [0.5, 0.6) is 0 Å². The summed E-state index contributed by atoms with van der Waals surface area (Å²) >= 11 is 0. The number of aromatic nitrogens is 2. The Hall–Kier alpha value is -3.28. The number of allylic oxidation sites excluding steroid dienone is 1. The summed E-state index contributed by atoms with van der Waals surface area (Å²) in [7, 11) is 0. The summed E-state index contributed by atoms with van der Waals surface area (Å²) in [5.74, 6) is 1.05. The summed E-state index contributed by atoms with van der Waals surface area (Å²) in [6.45, 7) is 2.19. The fraction of sp³-hybridized carbons (Fsp3) is 0.310. The Morgan fingerprint density at radius 1 is 0.735 bits per heavy atom. The van der Waals surface area contributed by atoms with E-state index in [1.54, 1.807) is 0 Å². The van der Waals surface area contributed by atoms with E-state index in [2.05, 4.69) is 75.3 Å². The van der Waals surface area contributed by atoms with Crippen molar-refractivity contribution in [2.45, 2.75) is 44.2 Å². The van der Waals surface area contributed by atoms with Crippen LogP contribution < -0.4 is 10.6 Å². The molecule has 170 valence electrons. The van der Waals surface area contributed by atoms with E-state index in [1.165, 1.54) is 63.2 Å². The van der Waals surface area contributed by atoms with Crippen molar-refractivity contribution in [2.24, 2.45) is 4.99 Å². The third kappa shape index (κ3) is 3.56. The molecule has 3 aliphatic rings. The third-order valence-electron chi connectivity index (χ3n) is 7.68. The molecule has 2 saturated heterocycles. The van der Waals surface area contributed by atoms with Crippen LogP contribution in [0.1, 0.15) is 49.5 Å². The minimum Gasteiger partial charge on any atom is -0.341 e. The Labute approximate surface area is 199 Å². The Morgan fingerprint density at radius 3 is 2.18 bits per heavy atom. The van der Waals surface area contributed by atoms with Gasteiger partial charge in [0.15, 0.2) is 0 Å². The van der Waals surface area contributed by atoms with Crippen LogP contribution in [-0.2, 0) is 0 Å². The molecular formula is C29H29N5. The minimum absolute atomic E-state index is 0.359. The Balaban J connectivity index is 1.17. The van der Waals surface area contributed by atoms with E-state index in [1.807, 2.05) is 6.20 Å². The number of nitrogens with one attached hydrogen (secondary N) is 3. The van der Waals surface area contributed by atoms with Crippen molar-refractivity contribution in [1.82, 2.24) is 20.6 Å². The monoisotopic (exact) mass is 447 g/mol. The first-order chi connectivity index (χ1) is 16.8. The lowest BCUT2D eigenvalue weighted by Gasteiger charge is -2.11. The van der Waals surface area contributed by atoms with E-state index in [0.717, 1.165) is 37.4 Å².